The van der Waals surface area contributed by atoms with Crippen LogP contribution in [0, 0.1) is 6.08 Å². The fraction of sp³-hybridized carbons (Fsp3) is 0.150. The monoisotopic (exact) mass is 376 g/mol. The van der Waals surface area contributed by atoms with Gasteiger partial charge in [0.15, 0.2) is 0 Å². The fourth-order valence-corrected chi connectivity index (χ4v) is 2.60. The second-order valence-electron chi connectivity index (χ2n) is 4.98. The van der Waals surface area contributed by atoms with Crippen LogP contribution in [0.15, 0.2) is 72.3 Å². The molecule has 1 aliphatic rings. The van der Waals surface area contributed by atoms with E-state index in [2.05, 4.69) is 79.7 Å². The number of rotatable bonds is 1. The molecule has 0 N–H and O–H groups in total. The van der Waals surface area contributed by atoms with Crippen molar-refractivity contribution in [1.29, 1.82) is 0 Å². The predicted octanol–water partition coefficient (Wildman–Crippen LogP) is -0.197. The molecule has 0 fully saturated rings. The Morgan fingerprint density at radius 3 is 1.83 bits per heavy atom. The Bertz CT molecular complexity index is 734. The van der Waals surface area contributed by atoms with Gasteiger partial charge in [-0.15, -0.1) is 46.2 Å². The van der Waals surface area contributed by atoms with Crippen LogP contribution < -0.4 is 24.8 Å². The molecule has 116 valence electrons. The van der Waals surface area contributed by atoms with Gasteiger partial charge in [-0.25, -0.2) is 11.6 Å². The molecule has 4 rings (SSSR count). The third kappa shape index (κ3) is 5.29. The molecule has 0 saturated heterocycles. The van der Waals surface area contributed by atoms with Gasteiger partial charge < -0.3 is 24.8 Å². The molecule has 0 aromatic heterocycles. The van der Waals surface area contributed by atoms with Crippen LogP contribution in [-0.2, 0) is 21.7 Å². The van der Waals surface area contributed by atoms with Gasteiger partial charge in [0.05, 0.1) is 0 Å². The van der Waals surface area contributed by atoms with Crippen molar-refractivity contribution in [2.45, 2.75) is 19.8 Å². The van der Waals surface area contributed by atoms with E-state index in [1.54, 1.807) is 0 Å². The van der Waals surface area contributed by atoms with Crippen LogP contribution in [0.1, 0.15) is 19.8 Å². The van der Waals surface area contributed by atoms with Crippen LogP contribution in [0.25, 0.3) is 21.5 Å². The molecule has 3 heteroatoms. The molecule has 3 aromatic carbocycles. The average molecular weight is 377 g/mol. The van der Waals surface area contributed by atoms with Gasteiger partial charge in [-0.05, 0) is 0 Å². The van der Waals surface area contributed by atoms with E-state index in [9.17, 15) is 0 Å². The van der Waals surface area contributed by atoms with E-state index in [1.807, 2.05) is 0 Å². The summed E-state index contributed by atoms with van der Waals surface area (Å²) >= 11 is 0. The van der Waals surface area contributed by atoms with Crippen molar-refractivity contribution < 1.29 is 46.5 Å². The van der Waals surface area contributed by atoms with E-state index in [0.717, 1.165) is 12.8 Å². The maximum Gasteiger partial charge on any atom is 4.00 e. The Labute approximate surface area is 165 Å². The van der Waals surface area contributed by atoms with Gasteiger partial charge in [0.25, 0.3) is 0 Å². The summed E-state index contributed by atoms with van der Waals surface area (Å²) in [4.78, 5) is 0. The number of hydrogen-bond donors (Lipinski definition) is 0. The second-order valence-corrected chi connectivity index (χ2v) is 4.98. The van der Waals surface area contributed by atoms with E-state index in [1.165, 1.54) is 27.1 Å². The fourth-order valence-electron chi connectivity index (χ4n) is 2.60. The minimum absolute atomic E-state index is 0. The molecule has 0 bridgehead atoms. The first-order chi connectivity index (χ1) is 9.88. The summed E-state index contributed by atoms with van der Waals surface area (Å²) < 4.78 is 0. The van der Waals surface area contributed by atoms with Gasteiger partial charge in [-0.2, -0.15) is 6.08 Å². The van der Waals surface area contributed by atoms with Crippen molar-refractivity contribution in [2.24, 2.45) is 0 Å². The topological polar surface area (TPSA) is 0 Å². The molecular weight excluding hydrogens is 359 g/mol. The van der Waals surface area contributed by atoms with Crippen LogP contribution in [0.2, 0.25) is 0 Å². The first-order valence-electron chi connectivity index (χ1n) is 7.18. The standard InChI is InChI=1S/C13H9.C7H9.2ClH.Ti/c1-3-7-12-10(5-1)9-11-6-2-4-8-13(11)12;1-2-7-5-3-4-6-7;;;/h1-9H;3,5H,2,4H2,1H3;2*1H;/q2*-1;;;+4/p-2. The molecule has 0 amide bonds. The quantitative estimate of drug-likeness (QED) is 0.407. The minimum atomic E-state index is 0. The summed E-state index contributed by atoms with van der Waals surface area (Å²) in [5.41, 5.74) is 1.36. The number of allylic oxidation sites excluding steroid dienone is 4. The largest absolute Gasteiger partial charge is 4.00 e. The molecule has 0 spiro atoms. The number of halogens is 2. The minimum Gasteiger partial charge on any atom is -1.00 e. The predicted molar refractivity (Wildman–Crippen MR) is 87.9 cm³/mol. The SMILES string of the molecule is CCC1=[C-]CC=C1.[Cl-].[Cl-].[Ti+4].c1ccc2c(c1)[cH-]c1ccccc12. The van der Waals surface area contributed by atoms with E-state index >= 15 is 0 Å². The molecule has 0 saturated carbocycles. The number of fused-ring (bicyclic) bond motifs is 3. The zero-order valence-electron chi connectivity index (χ0n) is 13.0. The Kier molecular flexibility index (Phi) is 10.4. The first-order valence-corrected chi connectivity index (χ1v) is 7.18. The van der Waals surface area contributed by atoms with E-state index in [-0.39, 0.29) is 46.5 Å². The third-order valence-corrected chi connectivity index (χ3v) is 3.67. The Hall–Kier alpha value is -0.916. The second kappa shape index (κ2) is 10.8. The molecular formula is C20H18Cl2Ti. The van der Waals surface area contributed by atoms with Gasteiger partial charge in [0, 0.05) is 0 Å². The van der Waals surface area contributed by atoms with Crippen LogP contribution in [0.3, 0.4) is 0 Å². The van der Waals surface area contributed by atoms with Crippen molar-refractivity contribution in [3.05, 3.63) is 78.4 Å². The van der Waals surface area contributed by atoms with Gasteiger partial charge in [0.1, 0.15) is 0 Å². The van der Waals surface area contributed by atoms with Crippen molar-refractivity contribution in [3.63, 3.8) is 0 Å². The Balaban J connectivity index is 0.000000426. The van der Waals surface area contributed by atoms with Gasteiger partial charge >= 0.3 is 21.7 Å². The first kappa shape index (κ1) is 22.1. The maximum absolute atomic E-state index is 3.21. The summed E-state index contributed by atoms with van der Waals surface area (Å²) in [5.74, 6) is 0. The molecule has 1 aliphatic carbocycles. The molecule has 0 radical (unpaired) electrons. The van der Waals surface area contributed by atoms with Gasteiger partial charge in [-0.3, -0.25) is 6.08 Å². The van der Waals surface area contributed by atoms with Crippen molar-refractivity contribution in [3.8, 4) is 0 Å². The summed E-state index contributed by atoms with van der Waals surface area (Å²) in [7, 11) is 0. The molecule has 23 heavy (non-hydrogen) atoms. The Morgan fingerprint density at radius 1 is 0.913 bits per heavy atom. The summed E-state index contributed by atoms with van der Waals surface area (Å²) in [5, 5.41) is 5.39. The van der Waals surface area contributed by atoms with E-state index < -0.39 is 0 Å². The van der Waals surface area contributed by atoms with Crippen molar-refractivity contribution in [2.75, 3.05) is 0 Å². The van der Waals surface area contributed by atoms with Crippen LogP contribution in [0.4, 0.5) is 0 Å². The smallest absolute Gasteiger partial charge is 1.00 e. The normalized spacial score (nSPS) is 11.6. The molecule has 0 aliphatic heterocycles. The maximum atomic E-state index is 3.21. The zero-order chi connectivity index (χ0) is 13.8. The number of hydrogen-bond acceptors (Lipinski definition) is 0. The van der Waals surface area contributed by atoms with Gasteiger partial charge in [-0.1, -0.05) is 49.7 Å². The summed E-state index contributed by atoms with van der Waals surface area (Å²) in [6.45, 7) is 2.15. The molecule has 0 atom stereocenters. The zero-order valence-corrected chi connectivity index (χ0v) is 16.1. The Morgan fingerprint density at radius 2 is 1.43 bits per heavy atom. The number of benzene rings is 2. The molecule has 3 aromatic rings. The molecule has 0 nitrogen and oxygen atoms in total. The van der Waals surface area contributed by atoms with Crippen LogP contribution in [-0.4, -0.2) is 0 Å². The summed E-state index contributed by atoms with van der Waals surface area (Å²) in [6.07, 6.45) is 9.65. The average Bonchev–Trinajstić information content (AvgIpc) is 3.15. The van der Waals surface area contributed by atoms with E-state index in [0.29, 0.717) is 0 Å². The van der Waals surface area contributed by atoms with E-state index in [4.69, 9.17) is 0 Å². The van der Waals surface area contributed by atoms with Crippen LogP contribution >= 0.6 is 0 Å². The van der Waals surface area contributed by atoms with Gasteiger partial charge in [0.2, 0.25) is 0 Å². The summed E-state index contributed by atoms with van der Waals surface area (Å²) in [6, 6.07) is 19.3. The third-order valence-electron chi connectivity index (χ3n) is 3.67. The van der Waals surface area contributed by atoms with Crippen molar-refractivity contribution >= 4 is 21.5 Å². The van der Waals surface area contributed by atoms with Crippen molar-refractivity contribution in [1.82, 2.24) is 0 Å². The molecule has 0 unspecified atom stereocenters. The van der Waals surface area contributed by atoms with Crippen LogP contribution in [0.5, 0.6) is 0 Å². The molecule has 0 heterocycles.